The van der Waals surface area contributed by atoms with Crippen molar-refractivity contribution in [2.45, 2.75) is 31.0 Å². The molecule has 0 atom stereocenters. The first kappa shape index (κ1) is 29.8. The standard InChI is InChI=1S/C31H33F3N6OS/c1-2-39-14-16-40(17-15-39)21-22-6-7-24(19-27(22)31(32,33)34)36-30(41)12-18-42-25-9-10-26-28(37-38-29(26)20-25)11-8-23-5-3-4-13-35-23/h3-11,13,19-20H,2,12,14-18,21H2,1H3,(H,36,41)(H,37,38). The van der Waals surface area contributed by atoms with Crippen LogP contribution < -0.4 is 5.32 Å². The zero-order valence-corrected chi connectivity index (χ0v) is 24.1. The molecule has 5 rings (SSSR count). The summed E-state index contributed by atoms with van der Waals surface area (Å²) in [5.74, 6) is 0.148. The lowest BCUT2D eigenvalue weighted by molar-refractivity contribution is -0.138. The summed E-state index contributed by atoms with van der Waals surface area (Å²) in [5.41, 5.74) is 2.19. The Kier molecular flexibility index (Phi) is 9.61. The van der Waals surface area contributed by atoms with Crippen LogP contribution in [0.15, 0.2) is 65.7 Å². The number of H-pyrrole nitrogens is 1. The van der Waals surface area contributed by atoms with Gasteiger partial charge in [0.1, 0.15) is 0 Å². The minimum Gasteiger partial charge on any atom is -0.326 e. The Morgan fingerprint density at radius 2 is 1.86 bits per heavy atom. The molecule has 0 aliphatic carbocycles. The monoisotopic (exact) mass is 594 g/mol. The highest BCUT2D eigenvalue weighted by Crippen LogP contribution is 2.35. The molecule has 1 aliphatic rings. The van der Waals surface area contributed by atoms with Crippen LogP contribution in [0.25, 0.3) is 23.1 Å². The summed E-state index contributed by atoms with van der Waals surface area (Å²) in [4.78, 5) is 22.2. The maximum Gasteiger partial charge on any atom is 0.416 e. The predicted octanol–water partition coefficient (Wildman–Crippen LogP) is 6.41. The molecule has 0 saturated carbocycles. The SMILES string of the molecule is CCN1CCN(Cc2ccc(NC(=O)CCSc3ccc4c(C=Cc5ccccn5)n[nH]c4c3)cc2C(F)(F)F)CC1. The van der Waals surface area contributed by atoms with Gasteiger partial charge in [-0.15, -0.1) is 11.8 Å². The van der Waals surface area contributed by atoms with Crippen molar-refractivity contribution in [3.63, 3.8) is 0 Å². The van der Waals surface area contributed by atoms with Crippen molar-refractivity contribution in [3.8, 4) is 0 Å². The van der Waals surface area contributed by atoms with Crippen molar-refractivity contribution in [2.75, 3.05) is 43.8 Å². The number of likely N-dealkylation sites (N-methyl/N-ethyl adjacent to an activating group) is 1. The number of nitrogens with zero attached hydrogens (tertiary/aromatic N) is 4. The summed E-state index contributed by atoms with van der Waals surface area (Å²) in [6.45, 7) is 6.44. The molecule has 1 fully saturated rings. The molecule has 0 bridgehead atoms. The first-order valence-electron chi connectivity index (χ1n) is 13.9. The van der Waals surface area contributed by atoms with E-state index in [1.54, 1.807) is 12.3 Å². The number of pyridine rings is 1. The van der Waals surface area contributed by atoms with Crippen LogP contribution >= 0.6 is 11.8 Å². The van der Waals surface area contributed by atoms with Crippen molar-refractivity contribution in [3.05, 3.63) is 83.3 Å². The number of rotatable bonds is 10. The first-order chi connectivity index (χ1) is 20.3. The zero-order chi connectivity index (χ0) is 29.5. The Balaban J connectivity index is 1.15. The highest BCUT2D eigenvalue weighted by atomic mass is 32.2. The van der Waals surface area contributed by atoms with Crippen LogP contribution in [0, 0.1) is 0 Å². The Labute approximate surface area is 247 Å². The molecule has 2 N–H and O–H groups in total. The molecule has 0 spiro atoms. The summed E-state index contributed by atoms with van der Waals surface area (Å²) < 4.78 is 41.7. The van der Waals surface area contributed by atoms with Crippen molar-refractivity contribution < 1.29 is 18.0 Å². The average molecular weight is 595 g/mol. The first-order valence-corrected chi connectivity index (χ1v) is 14.9. The minimum absolute atomic E-state index is 0.155. The molecule has 1 aliphatic heterocycles. The molecule has 3 heterocycles. The largest absolute Gasteiger partial charge is 0.416 e. The van der Waals surface area contributed by atoms with Gasteiger partial charge < -0.3 is 10.2 Å². The maximum absolute atomic E-state index is 13.9. The zero-order valence-electron chi connectivity index (χ0n) is 23.3. The fourth-order valence-electron chi connectivity index (χ4n) is 4.92. The van der Waals surface area contributed by atoms with Crippen LogP contribution in [-0.2, 0) is 17.5 Å². The Morgan fingerprint density at radius 3 is 2.60 bits per heavy atom. The maximum atomic E-state index is 13.9. The summed E-state index contributed by atoms with van der Waals surface area (Å²) in [6, 6.07) is 15.7. The number of aromatic amines is 1. The highest BCUT2D eigenvalue weighted by Gasteiger charge is 2.34. The fraction of sp³-hybridized carbons (Fsp3) is 0.323. The van der Waals surface area contributed by atoms with Crippen molar-refractivity contribution in [2.24, 2.45) is 0 Å². The van der Waals surface area contributed by atoms with E-state index in [0.29, 0.717) is 5.75 Å². The van der Waals surface area contributed by atoms with Crippen LogP contribution in [0.3, 0.4) is 0 Å². The lowest BCUT2D eigenvalue weighted by Crippen LogP contribution is -2.45. The topological polar surface area (TPSA) is 77.2 Å². The third kappa shape index (κ3) is 7.78. The number of carbonyl (C=O) groups excluding carboxylic acids is 1. The van der Waals surface area contributed by atoms with Crippen LogP contribution in [0.4, 0.5) is 18.9 Å². The Hall–Kier alpha value is -3.67. The van der Waals surface area contributed by atoms with Gasteiger partial charge in [0.2, 0.25) is 5.91 Å². The molecule has 4 aromatic rings. The molecule has 7 nitrogen and oxygen atoms in total. The number of anilines is 1. The summed E-state index contributed by atoms with van der Waals surface area (Å²) in [6.07, 6.45) is 1.20. The lowest BCUT2D eigenvalue weighted by Gasteiger charge is -2.34. The number of benzene rings is 2. The van der Waals surface area contributed by atoms with Gasteiger partial charge in [0, 0.05) is 67.1 Å². The summed E-state index contributed by atoms with van der Waals surface area (Å²) >= 11 is 1.50. The molecule has 11 heteroatoms. The Morgan fingerprint density at radius 1 is 1.05 bits per heavy atom. The summed E-state index contributed by atoms with van der Waals surface area (Å²) in [5, 5.41) is 11.0. The van der Waals surface area contributed by atoms with E-state index >= 15 is 0 Å². The molecule has 42 heavy (non-hydrogen) atoms. The van der Waals surface area contributed by atoms with Crippen molar-refractivity contribution in [1.82, 2.24) is 25.0 Å². The second-order valence-corrected chi connectivity index (χ2v) is 11.3. The third-order valence-electron chi connectivity index (χ3n) is 7.27. The molecule has 1 saturated heterocycles. The number of thioether (sulfide) groups is 1. The van der Waals surface area contributed by atoms with Gasteiger partial charge in [0.15, 0.2) is 0 Å². The van der Waals surface area contributed by atoms with Gasteiger partial charge >= 0.3 is 6.18 Å². The van der Waals surface area contributed by atoms with Gasteiger partial charge in [-0.05, 0) is 66.7 Å². The molecule has 1 amide bonds. The van der Waals surface area contributed by atoms with Crippen LogP contribution in [-0.4, -0.2) is 69.4 Å². The van der Waals surface area contributed by atoms with E-state index in [1.165, 1.54) is 17.8 Å². The minimum atomic E-state index is -4.50. The molecule has 2 aromatic heterocycles. The fourth-order valence-corrected chi connectivity index (χ4v) is 5.81. The number of piperazine rings is 1. The number of carbonyl (C=O) groups is 1. The van der Waals surface area contributed by atoms with E-state index in [4.69, 9.17) is 0 Å². The molecule has 0 unspecified atom stereocenters. The number of halogens is 3. The van der Waals surface area contributed by atoms with E-state index < -0.39 is 11.7 Å². The molecule has 2 aromatic carbocycles. The van der Waals surface area contributed by atoms with E-state index in [0.717, 1.165) is 66.0 Å². The van der Waals surface area contributed by atoms with Crippen molar-refractivity contribution in [1.29, 1.82) is 0 Å². The lowest BCUT2D eigenvalue weighted by atomic mass is 10.0. The predicted molar refractivity (Wildman–Crippen MR) is 162 cm³/mol. The number of nitrogens with one attached hydrogen (secondary N) is 2. The molecular weight excluding hydrogens is 561 g/mol. The molecule has 220 valence electrons. The van der Waals surface area contributed by atoms with Crippen molar-refractivity contribution >= 4 is 46.4 Å². The number of alkyl halides is 3. The van der Waals surface area contributed by atoms with Crippen LogP contribution in [0.5, 0.6) is 0 Å². The van der Waals surface area contributed by atoms with E-state index in [-0.39, 0.29) is 30.1 Å². The van der Waals surface area contributed by atoms with E-state index in [9.17, 15) is 18.0 Å². The summed E-state index contributed by atoms with van der Waals surface area (Å²) in [7, 11) is 0. The number of amides is 1. The van der Waals surface area contributed by atoms with E-state index in [2.05, 4.69) is 32.3 Å². The van der Waals surface area contributed by atoms with Crippen LogP contribution in [0.2, 0.25) is 0 Å². The highest BCUT2D eigenvalue weighted by molar-refractivity contribution is 7.99. The second kappa shape index (κ2) is 13.5. The van der Waals surface area contributed by atoms with Gasteiger partial charge in [0.25, 0.3) is 0 Å². The van der Waals surface area contributed by atoms with Gasteiger partial charge in [0.05, 0.1) is 22.5 Å². The Bertz CT molecular complexity index is 1530. The van der Waals surface area contributed by atoms with Gasteiger partial charge in [-0.25, -0.2) is 0 Å². The molecule has 0 radical (unpaired) electrons. The molecular formula is C31H33F3N6OS. The number of hydrogen-bond acceptors (Lipinski definition) is 6. The van der Waals surface area contributed by atoms with Crippen LogP contribution in [0.1, 0.15) is 35.9 Å². The smallest absolute Gasteiger partial charge is 0.326 e. The number of fused-ring (bicyclic) bond motifs is 1. The second-order valence-electron chi connectivity index (χ2n) is 10.1. The quantitative estimate of drug-likeness (QED) is 0.207. The van der Waals surface area contributed by atoms with Gasteiger partial charge in [-0.3, -0.25) is 19.8 Å². The van der Waals surface area contributed by atoms with Gasteiger partial charge in [-0.2, -0.15) is 18.3 Å². The van der Waals surface area contributed by atoms with E-state index in [1.807, 2.05) is 53.5 Å². The number of aromatic nitrogens is 3. The number of hydrogen-bond donors (Lipinski definition) is 2. The third-order valence-corrected chi connectivity index (χ3v) is 8.26. The average Bonchev–Trinajstić information content (AvgIpc) is 3.39. The van der Waals surface area contributed by atoms with Gasteiger partial charge in [-0.1, -0.05) is 19.1 Å². The normalized spacial score (nSPS) is 15.0.